The molecule has 1 aliphatic heterocycles. The Labute approximate surface area is 198 Å². The zero-order valence-corrected chi connectivity index (χ0v) is 18.3. The van der Waals surface area contributed by atoms with Crippen molar-refractivity contribution in [1.82, 2.24) is 20.2 Å². The monoisotopic (exact) mass is 478 g/mol. The number of nitrogens with zero attached hydrogens (tertiary/aromatic N) is 5. The molecule has 34 heavy (non-hydrogen) atoms. The molecule has 0 fully saturated rings. The number of aromatic nitrogens is 4. The minimum atomic E-state index is -1.05. The van der Waals surface area contributed by atoms with E-state index in [1.54, 1.807) is 21.7 Å². The quantitative estimate of drug-likeness (QED) is 0.450. The maximum Gasteiger partial charge on any atom is 0.251 e. The van der Waals surface area contributed by atoms with Crippen LogP contribution in [0.25, 0.3) is 5.70 Å². The number of allylic oxidation sites excluding steroid dienone is 1. The molecule has 0 spiro atoms. The number of benzene rings is 3. The maximum absolute atomic E-state index is 13.6. The molecule has 2 heterocycles. The average Bonchev–Trinajstić information content (AvgIpc) is 3.33. The van der Waals surface area contributed by atoms with Gasteiger partial charge in [-0.3, -0.25) is 9.69 Å². The van der Waals surface area contributed by atoms with Crippen LogP contribution in [0.5, 0.6) is 0 Å². The number of hydrogen-bond acceptors (Lipinski definition) is 5. The van der Waals surface area contributed by atoms with E-state index < -0.39 is 17.5 Å². The minimum Gasteiger partial charge on any atom is -0.324 e. The average molecular weight is 479 g/mol. The van der Waals surface area contributed by atoms with Crippen LogP contribution in [0.15, 0.2) is 78.9 Å². The lowest BCUT2D eigenvalue weighted by molar-refractivity contribution is -0.114. The fourth-order valence-electron chi connectivity index (χ4n) is 3.80. The molecular weight excluding hydrogens is 462 g/mol. The molecule has 4 aromatic rings. The lowest BCUT2D eigenvalue weighted by atomic mass is 10.0. The highest BCUT2D eigenvalue weighted by molar-refractivity contribution is 6.30. The van der Waals surface area contributed by atoms with Gasteiger partial charge in [-0.25, -0.2) is 8.78 Å². The van der Waals surface area contributed by atoms with Gasteiger partial charge in [0.15, 0.2) is 11.6 Å². The lowest BCUT2D eigenvalue weighted by Crippen LogP contribution is -2.37. The smallest absolute Gasteiger partial charge is 0.251 e. The van der Waals surface area contributed by atoms with Crippen LogP contribution < -0.4 is 10.2 Å². The zero-order chi connectivity index (χ0) is 23.7. The second-order valence-corrected chi connectivity index (χ2v) is 8.04. The van der Waals surface area contributed by atoms with Crippen molar-refractivity contribution in [3.63, 3.8) is 0 Å². The van der Waals surface area contributed by atoms with E-state index in [9.17, 15) is 13.6 Å². The van der Waals surface area contributed by atoms with Crippen molar-refractivity contribution in [2.75, 3.05) is 16.8 Å². The summed E-state index contributed by atoms with van der Waals surface area (Å²) in [4.78, 5) is 14.6. The van der Waals surface area contributed by atoms with Crippen LogP contribution in [-0.4, -0.2) is 32.7 Å². The molecule has 5 rings (SSSR count). The molecule has 1 N–H and O–H groups in total. The Balaban J connectivity index is 1.51. The van der Waals surface area contributed by atoms with Crippen molar-refractivity contribution >= 4 is 34.8 Å². The first-order valence-corrected chi connectivity index (χ1v) is 10.7. The highest BCUT2D eigenvalue weighted by Gasteiger charge is 2.32. The van der Waals surface area contributed by atoms with Gasteiger partial charge < -0.3 is 5.32 Å². The predicted molar refractivity (Wildman–Crippen MR) is 124 cm³/mol. The van der Waals surface area contributed by atoms with E-state index in [1.165, 1.54) is 6.07 Å². The van der Waals surface area contributed by atoms with Gasteiger partial charge in [0, 0.05) is 16.8 Å². The molecule has 3 aromatic carbocycles. The molecule has 0 radical (unpaired) electrons. The molecule has 0 aliphatic carbocycles. The van der Waals surface area contributed by atoms with Crippen molar-refractivity contribution in [3.05, 3.63) is 107 Å². The van der Waals surface area contributed by atoms with Gasteiger partial charge in [0.1, 0.15) is 12.6 Å². The summed E-state index contributed by atoms with van der Waals surface area (Å²) in [6.07, 6.45) is 1.97. The number of carbonyl (C=O) groups excluding carboxylic acids is 1. The number of tetrazole rings is 1. The highest BCUT2D eigenvalue weighted by atomic mass is 35.5. The molecule has 170 valence electrons. The number of hydrogen-bond donors (Lipinski definition) is 1. The van der Waals surface area contributed by atoms with Gasteiger partial charge in [0.2, 0.25) is 5.91 Å². The summed E-state index contributed by atoms with van der Waals surface area (Å²) in [7, 11) is 0. The number of amides is 1. The van der Waals surface area contributed by atoms with E-state index in [1.807, 2.05) is 48.5 Å². The summed E-state index contributed by atoms with van der Waals surface area (Å²) in [6, 6.07) is 19.7. The van der Waals surface area contributed by atoms with Crippen LogP contribution in [0.4, 0.5) is 20.4 Å². The fourth-order valence-corrected chi connectivity index (χ4v) is 3.92. The van der Waals surface area contributed by atoms with Crippen LogP contribution in [0.1, 0.15) is 17.2 Å². The summed E-state index contributed by atoms with van der Waals surface area (Å²) >= 11 is 6.06. The number of nitrogens with one attached hydrogen (secondary N) is 1. The van der Waals surface area contributed by atoms with Crippen molar-refractivity contribution in [2.45, 2.75) is 6.04 Å². The number of fused-ring (bicyclic) bond motifs is 1. The van der Waals surface area contributed by atoms with Gasteiger partial charge in [-0.05, 0) is 51.9 Å². The van der Waals surface area contributed by atoms with Crippen molar-refractivity contribution in [2.24, 2.45) is 0 Å². The van der Waals surface area contributed by atoms with E-state index in [4.69, 9.17) is 11.6 Å². The molecular formula is C24H17ClF2N6O. The van der Waals surface area contributed by atoms with E-state index in [2.05, 4.69) is 20.8 Å². The normalized spacial score (nSPS) is 15.0. The minimum absolute atomic E-state index is 0.143. The standard InChI is InChI=1S/C24H17ClF2N6O/c25-17-8-6-16(7-9-17)22-13-21(15-4-2-1-3-5-15)32(24-29-30-31-33(22)24)14-23(34)28-18-10-11-19(26)20(27)12-18/h1-13,22H,14H2,(H,28,34). The lowest BCUT2D eigenvalue weighted by Gasteiger charge is -2.32. The topological polar surface area (TPSA) is 75.9 Å². The summed E-state index contributed by atoms with van der Waals surface area (Å²) < 4.78 is 28.4. The predicted octanol–water partition coefficient (Wildman–Crippen LogP) is 4.69. The second-order valence-electron chi connectivity index (χ2n) is 7.60. The Morgan fingerprint density at radius 3 is 2.50 bits per heavy atom. The first-order valence-electron chi connectivity index (χ1n) is 10.3. The Bertz CT molecular complexity index is 1370. The molecule has 1 amide bonds. The molecule has 0 saturated heterocycles. The Morgan fingerprint density at radius 2 is 1.76 bits per heavy atom. The molecule has 10 heteroatoms. The van der Waals surface area contributed by atoms with Gasteiger partial charge >= 0.3 is 0 Å². The fraction of sp³-hybridized carbons (Fsp3) is 0.0833. The van der Waals surface area contributed by atoms with E-state index in [-0.39, 0.29) is 18.3 Å². The van der Waals surface area contributed by atoms with Crippen LogP contribution in [-0.2, 0) is 4.79 Å². The second kappa shape index (κ2) is 9.03. The third kappa shape index (κ3) is 4.25. The van der Waals surface area contributed by atoms with E-state index in [0.29, 0.717) is 11.0 Å². The molecule has 0 bridgehead atoms. The van der Waals surface area contributed by atoms with E-state index in [0.717, 1.165) is 29.0 Å². The summed E-state index contributed by atoms with van der Waals surface area (Å²) in [5.41, 5.74) is 2.64. The van der Waals surface area contributed by atoms with Crippen LogP contribution in [0.3, 0.4) is 0 Å². The Hall–Kier alpha value is -4.11. The largest absolute Gasteiger partial charge is 0.324 e. The van der Waals surface area contributed by atoms with Crippen molar-refractivity contribution in [1.29, 1.82) is 0 Å². The number of rotatable bonds is 5. The van der Waals surface area contributed by atoms with Gasteiger partial charge in [-0.1, -0.05) is 59.2 Å². The Kier molecular flexibility index (Phi) is 5.77. The van der Waals surface area contributed by atoms with Crippen LogP contribution in [0.2, 0.25) is 5.02 Å². The van der Waals surface area contributed by atoms with Gasteiger partial charge in [0.25, 0.3) is 5.95 Å². The number of anilines is 2. The molecule has 7 nitrogen and oxygen atoms in total. The molecule has 1 atom stereocenters. The van der Waals surface area contributed by atoms with Gasteiger partial charge in [-0.15, -0.1) is 0 Å². The van der Waals surface area contributed by atoms with Gasteiger partial charge in [-0.2, -0.15) is 4.68 Å². The summed E-state index contributed by atoms with van der Waals surface area (Å²) in [5.74, 6) is -2.12. The van der Waals surface area contributed by atoms with Gasteiger partial charge in [0.05, 0.1) is 5.70 Å². The third-order valence-corrected chi connectivity index (χ3v) is 5.63. The maximum atomic E-state index is 13.6. The van der Waals surface area contributed by atoms with Crippen LogP contribution >= 0.6 is 11.6 Å². The number of carbonyl (C=O) groups is 1. The first kappa shape index (κ1) is 21.7. The molecule has 1 aliphatic rings. The third-order valence-electron chi connectivity index (χ3n) is 5.37. The van der Waals surface area contributed by atoms with Crippen molar-refractivity contribution < 1.29 is 13.6 Å². The highest BCUT2D eigenvalue weighted by Crippen LogP contribution is 2.36. The zero-order valence-electron chi connectivity index (χ0n) is 17.6. The first-order chi connectivity index (χ1) is 16.5. The van der Waals surface area contributed by atoms with Crippen LogP contribution in [0, 0.1) is 11.6 Å². The van der Waals surface area contributed by atoms with Crippen molar-refractivity contribution in [3.8, 4) is 0 Å². The SMILES string of the molecule is O=C(CN1C(c2ccccc2)=CC(c2ccc(Cl)cc2)n2nnnc21)Nc1ccc(F)c(F)c1. The molecule has 1 unspecified atom stereocenters. The Morgan fingerprint density at radius 1 is 1.00 bits per heavy atom. The van der Waals surface area contributed by atoms with E-state index >= 15 is 0 Å². The number of halogens is 3. The summed E-state index contributed by atoms with van der Waals surface area (Å²) in [6.45, 7) is -0.159. The molecule has 1 aromatic heterocycles. The molecule has 0 saturated carbocycles. The summed E-state index contributed by atoms with van der Waals surface area (Å²) in [5, 5.41) is 15.3.